The number of hydrogen-bond donors (Lipinski definition) is 1. The van der Waals surface area contributed by atoms with Gasteiger partial charge in [-0.25, -0.2) is 4.98 Å². The third-order valence-electron chi connectivity index (χ3n) is 6.34. The van der Waals surface area contributed by atoms with Crippen molar-refractivity contribution >= 4 is 23.3 Å². The van der Waals surface area contributed by atoms with Crippen LogP contribution in [0.2, 0.25) is 0 Å². The number of aromatic nitrogens is 2. The zero-order chi connectivity index (χ0) is 23.9. The van der Waals surface area contributed by atoms with Crippen LogP contribution < -0.4 is 5.32 Å². The molecule has 180 valence electrons. The summed E-state index contributed by atoms with van der Waals surface area (Å²) in [6.07, 6.45) is 4.07. The van der Waals surface area contributed by atoms with Gasteiger partial charge in [0.05, 0.1) is 5.69 Å². The van der Waals surface area contributed by atoms with Crippen molar-refractivity contribution in [3.63, 3.8) is 0 Å². The maximum Gasteiger partial charge on any atom is 0.251 e. The molecule has 7 heteroatoms. The fourth-order valence-corrected chi connectivity index (χ4v) is 5.14. The molecule has 0 spiro atoms. The van der Waals surface area contributed by atoms with Gasteiger partial charge in [0.25, 0.3) is 5.91 Å². The van der Waals surface area contributed by atoms with Crippen LogP contribution in [0, 0.1) is 0 Å². The summed E-state index contributed by atoms with van der Waals surface area (Å²) in [6.45, 7) is 6.79. The van der Waals surface area contributed by atoms with E-state index < -0.39 is 0 Å². The second-order valence-corrected chi connectivity index (χ2v) is 9.92. The van der Waals surface area contributed by atoms with Crippen LogP contribution >= 0.6 is 11.8 Å². The quantitative estimate of drug-likeness (QED) is 0.361. The first-order valence-electron chi connectivity index (χ1n) is 12.2. The van der Waals surface area contributed by atoms with Gasteiger partial charge in [-0.05, 0) is 42.0 Å². The Morgan fingerprint density at radius 3 is 2.40 bits per heavy atom. The molecule has 1 fully saturated rings. The topological polar surface area (TPSA) is 52.9 Å². The van der Waals surface area contributed by atoms with Crippen LogP contribution in [-0.2, 0) is 12.3 Å². The van der Waals surface area contributed by atoms with Gasteiger partial charge in [-0.15, -0.1) is 11.8 Å². The molecule has 35 heavy (non-hydrogen) atoms. The molecular weight excluding hydrogens is 454 g/mol. The summed E-state index contributed by atoms with van der Waals surface area (Å²) < 4.78 is 2.04. The van der Waals surface area contributed by atoms with Gasteiger partial charge < -0.3 is 9.72 Å². The Balaban J connectivity index is 1.01. The van der Waals surface area contributed by atoms with E-state index in [0.717, 1.165) is 61.3 Å². The van der Waals surface area contributed by atoms with E-state index in [2.05, 4.69) is 56.6 Å². The number of benzene rings is 2. The highest BCUT2D eigenvalue weighted by molar-refractivity contribution is 7.98. The summed E-state index contributed by atoms with van der Waals surface area (Å²) >= 11 is 1.73. The molecule has 0 atom stereocenters. The van der Waals surface area contributed by atoms with Crippen LogP contribution in [0.15, 0.2) is 90.1 Å². The normalized spacial score (nSPS) is 14.9. The Kier molecular flexibility index (Phi) is 7.78. The van der Waals surface area contributed by atoms with Crippen molar-refractivity contribution in [1.82, 2.24) is 24.5 Å². The molecule has 0 unspecified atom stereocenters. The minimum Gasteiger partial charge on any atom is -0.351 e. The number of carbonyl (C=O) groups excluding carboxylic acids is 1. The number of nitrogens with one attached hydrogen (secondary N) is 1. The lowest BCUT2D eigenvalue weighted by Gasteiger charge is -2.34. The summed E-state index contributed by atoms with van der Waals surface area (Å²) in [5.74, 6) is 0.788. The highest BCUT2D eigenvalue weighted by Gasteiger charge is 2.17. The van der Waals surface area contributed by atoms with E-state index in [1.807, 2.05) is 53.1 Å². The number of nitrogens with zero attached hydrogens (tertiary/aromatic N) is 4. The average molecular weight is 486 g/mol. The average Bonchev–Trinajstić information content (AvgIpc) is 3.32. The van der Waals surface area contributed by atoms with Crippen molar-refractivity contribution in [3.05, 3.63) is 102 Å². The number of fused-ring (bicyclic) bond motifs is 1. The van der Waals surface area contributed by atoms with Gasteiger partial charge in [-0.2, -0.15) is 0 Å². The number of piperazine rings is 1. The fraction of sp³-hybridized carbons (Fsp3) is 0.286. The molecule has 1 amide bonds. The molecule has 5 rings (SSSR count). The highest BCUT2D eigenvalue weighted by atomic mass is 32.2. The zero-order valence-corrected chi connectivity index (χ0v) is 20.7. The smallest absolute Gasteiger partial charge is 0.251 e. The van der Waals surface area contributed by atoms with Gasteiger partial charge in [0, 0.05) is 74.4 Å². The van der Waals surface area contributed by atoms with Gasteiger partial charge in [-0.1, -0.05) is 36.4 Å². The van der Waals surface area contributed by atoms with Crippen LogP contribution in [0.25, 0.3) is 5.65 Å². The van der Waals surface area contributed by atoms with E-state index in [-0.39, 0.29) is 5.91 Å². The Morgan fingerprint density at radius 1 is 0.886 bits per heavy atom. The van der Waals surface area contributed by atoms with Crippen LogP contribution in [-0.4, -0.2) is 64.4 Å². The molecule has 1 aliphatic heterocycles. The van der Waals surface area contributed by atoms with Crippen LogP contribution in [0.5, 0.6) is 0 Å². The monoisotopic (exact) mass is 485 g/mol. The number of rotatable bonds is 9. The number of pyridine rings is 1. The van der Waals surface area contributed by atoms with E-state index in [9.17, 15) is 4.79 Å². The van der Waals surface area contributed by atoms with E-state index in [0.29, 0.717) is 12.1 Å². The van der Waals surface area contributed by atoms with E-state index in [4.69, 9.17) is 0 Å². The molecule has 0 radical (unpaired) electrons. The maximum atomic E-state index is 12.6. The molecule has 0 aliphatic carbocycles. The van der Waals surface area contributed by atoms with Crippen LogP contribution in [0.4, 0.5) is 0 Å². The van der Waals surface area contributed by atoms with Gasteiger partial charge in [0.15, 0.2) is 0 Å². The van der Waals surface area contributed by atoms with Crippen molar-refractivity contribution in [2.45, 2.75) is 17.2 Å². The lowest BCUT2D eigenvalue weighted by Crippen LogP contribution is -2.48. The minimum absolute atomic E-state index is 0.00962. The first-order valence-corrected chi connectivity index (χ1v) is 13.1. The summed E-state index contributed by atoms with van der Waals surface area (Å²) in [4.78, 5) is 23.3. The molecule has 4 aromatic rings. The first kappa shape index (κ1) is 23.6. The lowest BCUT2D eigenvalue weighted by molar-refractivity contribution is 0.0934. The van der Waals surface area contributed by atoms with E-state index in [1.165, 1.54) is 5.56 Å². The number of imidazole rings is 1. The molecule has 1 N–H and O–H groups in total. The molecule has 1 aliphatic rings. The molecule has 6 nitrogen and oxygen atoms in total. The molecule has 0 bridgehead atoms. The second kappa shape index (κ2) is 11.5. The fourth-order valence-electron chi connectivity index (χ4n) is 4.36. The van der Waals surface area contributed by atoms with Crippen molar-refractivity contribution in [2.75, 3.05) is 39.3 Å². The molecule has 0 saturated carbocycles. The maximum absolute atomic E-state index is 12.6. The Hall–Kier alpha value is -3.13. The van der Waals surface area contributed by atoms with E-state index in [1.54, 1.807) is 11.8 Å². The lowest BCUT2D eigenvalue weighted by atomic mass is 10.2. The second-order valence-electron chi connectivity index (χ2n) is 8.87. The number of amides is 1. The molecule has 3 heterocycles. The van der Waals surface area contributed by atoms with E-state index >= 15 is 0 Å². The number of thioether (sulfide) groups is 1. The van der Waals surface area contributed by atoms with Crippen molar-refractivity contribution in [2.24, 2.45) is 0 Å². The van der Waals surface area contributed by atoms with Crippen LogP contribution in [0.1, 0.15) is 21.6 Å². The van der Waals surface area contributed by atoms with Crippen molar-refractivity contribution in [3.8, 4) is 0 Å². The molecule has 2 aromatic carbocycles. The van der Waals surface area contributed by atoms with Gasteiger partial charge >= 0.3 is 0 Å². The first-order chi connectivity index (χ1) is 17.2. The highest BCUT2D eigenvalue weighted by Crippen LogP contribution is 2.23. The standard InChI is InChI=1S/C28H31N5OS/c34-28(29-13-15-31-16-18-32(19-17-31)20-23-6-2-1-3-7-23)24-9-11-26(12-10-24)35-22-25-21-33-14-5-4-8-27(33)30-25/h1-12,14,21H,13,15-20,22H2,(H,29,34). The summed E-state index contributed by atoms with van der Waals surface area (Å²) in [6, 6.07) is 24.5. The number of hydrogen-bond acceptors (Lipinski definition) is 5. The van der Waals surface area contributed by atoms with Gasteiger partial charge in [-0.3, -0.25) is 14.6 Å². The molecule has 1 saturated heterocycles. The predicted molar refractivity (Wildman–Crippen MR) is 142 cm³/mol. The largest absolute Gasteiger partial charge is 0.351 e. The SMILES string of the molecule is O=C(NCCN1CCN(Cc2ccccc2)CC1)c1ccc(SCc2cn3ccccc3n2)cc1. The third kappa shape index (κ3) is 6.51. The van der Waals surface area contributed by atoms with Crippen LogP contribution in [0.3, 0.4) is 0 Å². The predicted octanol–water partition coefficient (Wildman–Crippen LogP) is 4.17. The zero-order valence-electron chi connectivity index (χ0n) is 19.8. The summed E-state index contributed by atoms with van der Waals surface area (Å²) in [5, 5.41) is 3.08. The van der Waals surface area contributed by atoms with Gasteiger partial charge in [0.1, 0.15) is 5.65 Å². The van der Waals surface area contributed by atoms with Gasteiger partial charge in [0.2, 0.25) is 0 Å². The molecular formula is C28H31N5OS. The van der Waals surface area contributed by atoms with Crippen molar-refractivity contribution < 1.29 is 4.79 Å². The minimum atomic E-state index is -0.00962. The Labute approximate surface area is 211 Å². The Bertz CT molecular complexity index is 1200. The Morgan fingerprint density at radius 2 is 1.63 bits per heavy atom. The summed E-state index contributed by atoms with van der Waals surface area (Å²) in [5.41, 5.74) is 4.08. The number of carbonyl (C=O) groups is 1. The molecule has 2 aromatic heterocycles. The van der Waals surface area contributed by atoms with Crippen molar-refractivity contribution in [1.29, 1.82) is 0 Å². The third-order valence-corrected chi connectivity index (χ3v) is 7.39. The summed E-state index contributed by atoms with van der Waals surface area (Å²) in [7, 11) is 0.